The summed E-state index contributed by atoms with van der Waals surface area (Å²) in [6.07, 6.45) is 2.21. The maximum atomic E-state index is 12.5. The van der Waals surface area contributed by atoms with Crippen molar-refractivity contribution in [3.05, 3.63) is 16.8 Å². The molecule has 0 bridgehead atoms. The van der Waals surface area contributed by atoms with Gasteiger partial charge in [0.25, 0.3) is 5.91 Å². The van der Waals surface area contributed by atoms with Crippen molar-refractivity contribution in [3.8, 4) is 5.88 Å². The molecule has 24 heavy (non-hydrogen) atoms. The third kappa shape index (κ3) is 5.31. The van der Waals surface area contributed by atoms with Crippen molar-refractivity contribution in [2.75, 3.05) is 19.6 Å². The molecule has 1 N–H and O–H groups in total. The topological polar surface area (TPSA) is 67.3 Å². The number of likely N-dealkylation sites (tertiary alicyclic amines) is 1. The van der Waals surface area contributed by atoms with Crippen LogP contribution in [0.3, 0.4) is 0 Å². The maximum Gasteiger partial charge on any atom is 0.256 e. The maximum absolute atomic E-state index is 12.5. The molecule has 7 heteroatoms. The molecule has 0 radical (unpaired) electrons. The molecular formula is C17H27ClN4O2. The summed E-state index contributed by atoms with van der Waals surface area (Å²) >= 11 is 5.88. The highest BCUT2D eigenvalue weighted by Crippen LogP contribution is 2.20. The zero-order chi connectivity index (χ0) is 17.7. The number of nitrogens with zero attached hydrogens (tertiary/aromatic N) is 3. The van der Waals surface area contributed by atoms with Crippen LogP contribution in [0.15, 0.2) is 6.07 Å². The van der Waals surface area contributed by atoms with E-state index < -0.39 is 0 Å². The molecule has 1 amide bonds. The summed E-state index contributed by atoms with van der Waals surface area (Å²) in [5, 5.41) is 10.8. The minimum absolute atomic E-state index is 0.0926. The Kier molecular flexibility index (Phi) is 6.80. The molecule has 1 fully saturated rings. The van der Waals surface area contributed by atoms with Crippen molar-refractivity contribution in [3.63, 3.8) is 0 Å². The number of piperidine rings is 1. The van der Waals surface area contributed by atoms with Gasteiger partial charge < -0.3 is 15.0 Å². The van der Waals surface area contributed by atoms with Crippen LogP contribution in [0.1, 0.15) is 50.9 Å². The first kappa shape index (κ1) is 18.9. The minimum Gasteiger partial charge on any atom is -0.473 e. The number of hydrogen-bond donors (Lipinski definition) is 1. The van der Waals surface area contributed by atoms with E-state index in [2.05, 4.69) is 34.3 Å². The van der Waals surface area contributed by atoms with Crippen LogP contribution in [0.5, 0.6) is 5.88 Å². The Morgan fingerprint density at radius 1 is 1.42 bits per heavy atom. The van der Waals surface area contributed by atoms with Crippen molar-refractivity contribution in [1.82, 2.24) is 20.4 Å². The van der Waals surface area contributed by atoms with E-state index in [-0.39, 0.29) is 23.0 Å². The van der Waals surface area contributed by atoms with Gasteiger partial charge in [0.05, 0.1) is 6.10 Å². The number of carbonyl (C=O) groups is 1. The minimum atomic E-state index is -0.218. The summed E-state index contributed by atoms with van der Waals surface area (Å²) in [6.45, 7) is 11.0. The van der Waals surface area contributed by atoms with Gasteiger partial charge in [0.2, 0.25) is 5.88 Å². The van der Waals surface area contributed by atoms with Crippen LogP contribution >= 0.6 is 11.6 Å². The van der Waals surface area contributed by atoms with Crippen LogP contribution in [0.25, 0.3) is 0 Å². The van der Waals surface area contributed by atoms with Crippen LogP contribution in [-0.4, -0.2) is 52.8 Å². The molecule has 1 saturated heterocycles. The molecule has 0 aromatic carbocycles. The standard InChI is InChI=1S/C17H27ClN4O2/c1-11(2)22-7-5-6-13(10-22)9-19-16(23)14-8-15(18)20-21-17(14)24-12(3)4/h8,11-13H,5-7,9-10H2,1-4H3,(H,19,23)/t13-/m1/s1. The Bertz CT molecular complexity index is 566. The van der Waals surface area contributed by atoms with E-state index in [1.165, 1.54) is 12.5 Å². The van der Waals surface area contributed by atoms with Crippen LogP contribution < -0.4 is 10.1 Å². The summed E-state index contributed by atoms with van der Waals surface area (Å²) in [5.41, 5.74) is 0.334. The Hall–Kier alpha value is -1.40. The van der Waals surface area contributed by atoms with Crippen LogP contribution in [0, 0.1) is 5.92 Å². The highest BCUT2D eigenvalue weighted by atomic mass is 35.5. The van der Waals surface area contributed by atoms with Crippen molar-refractivity contribution in [2.45, 2.75) is 52.7 Å². The van der Waals surface area contributed by atoms with Crippen molar-refractivity contribution in [1.29, 1.82) is 0 Å². The number of carbonyl (C=O) groups excluding carboxylic acids is 1. The number of hydrogen-bond acceptors (Lipinski definition) is 5. The fourth-order valence-electron chi connectivity index (χ4n) is 2.89. The van der Waals surface area contributed by atoms with Gasteiger partial charge in [0.1, 0.15) is 5.56 Å². The molecule has 1 aliphatic heterocycles. The first-order valence-electron chi connectivity index (χ1n) is 8.59. The Morgan fingerprint density at radius 3 is 2.83 bits per heavy atom. The van der Waals surface area contributed by atoms with Gasteiger partial charge in [-0.15, -0.1) is 10.2 Å². The van der Waals surface area contributed by atoms with Gasteiger partial charge in [-0.3, -0.25) is 4.79 Å². The largest absolute Gasteiger partial charge is 0.473 e. The van der Waals surface area contributed by atoms with E-state index in [9.17, 15) is 4.79 Å². The zero-order valence-corrected chi connectivity index (χ0v) is 15.6. The lowest BCUT2D eigenvalue weighted by molar-refractivity contribution is 0.0915. The molecule has 1 aromatic heterocycles. The van der Waals surface area contributed by atoms with Crippen LogP contribution in [0.4, 0.5) is 0 Å². The van der Waals surface area contributed by atoms with Crippen LogP contribution in [0.2, 0.25) is 5.15 Å². The summed E-state index contributed by atoms with van der Waals surface area (Å²) in [4.78, 5) is 15.0. The van der Waals surface area contributed by atoms with Crippen molar-refractivity contribution in [2.24, 2.45) is 5.92 Å². The highest BCUT2D eigenvalue weighted by Gasteiger charge is 2.23. The fourth-order valence-corrected chi connectivity index (χ4v) is 3.04. The number of aromatic nitrogens is 2. The second kappa shape index (κ2) is 8.62. The SMILES string of the molecule is CC(C)Oc1nnc(Cl)cc1C(=O)NC[C@H]1CCCN(C(C)C)C1. The van der Waals surface area contributed by atoms with Crippen molar-refractivity contribution >= 4 is 17.5 Å². The lowest BCUT2D eigenvalue weighted by Crippen LogP contribution is -2.43. The van der Waals surface area contributed by atoms with Gasteiger partial charge in [0.15, 0.2) is 5.15 Å². The van der Waals surface area contributed by atoms with E-state index in [0.717, 1.165) is 19.5 Å². The molecule has 0 spiro atoms. The highest BCUT2D eigenvalue weighted by molar-refractivity contribution is 6.29. The van der Waals surface area contributed by atoms with E-state index >= 15 is 0 Å². The Balaban J connectivity index is 1.98. The second-order valence-corrected chi connectivity index (χ2v) is 7.25. The van der Waals surface area contributed by atoms with Gasteiger partial charge in [-0.1, -0.05) is 11.6 Å². The Labute approximate surface area is 148 Å². The first-order chi connectivity index (χ1) is 11.4. The monoisotopic (exact) mass is 354 g/mol. The average Bonchev–Trinajstić information content (AvgIpc) is 2.54. The van der Waals surface area contributed by atoms with Gasteiger partial charge in [0, 0.05) is 19.1 Å². The fraction of sp³-hybridized carbons (Fsp3) is 0.706. The number of ether oxygens (including phenoxy) is 1. The molecule has 1 aliphatic rings. The summed E-state index contributed by atoms with van der Waals surface area (Å²) < 4.78 is 5.56. The molecule has 0 unspecified atom stereocenters. The summed E-state index contributed by atoms with van der Waals surface area (Å²) in [6, 6.07) is 2.04. The van der Waals surface area contributed by atoms with E-state index in [1.807, 2.05) is 13.8 Å². The summed E-state index contributed by atoms with van der Waals surface area (Å²) in [7, 11) is 0. The van der Waals surface area contributed by atoms with Crippen LogP contribution in [-0.2, 0) is 0 Å². The van der Waals surface area contributed by atoms with E-state index in [4.69, 9.17) is 16.3 Å². The zero-order valence-electron chi connectivity index (χ0n) is 14.9. The van der Waals surface area contributed by atoms with Gasteiger partial charge in [-0.25, -0.2) is 0 Å². The summed E-state index contributed by atoms with van der Waals surface area (Å²) in [5.74, 6) is 0.466. The molecule has 1 aromatic rings. The van der Waals surface area contributed by atoms with Gasteiger partial charge in [-0.2, -0.15) is 0 Å². The quantitative estimate of drug-likeness (QED) is 0.850. The van der Waals surface area contributed by atoms with Gasteiger partial charge >= 0.3 is 0 Å². The number of nitrogens with one attached hydrogen (secondary N) is 1. The number of rotatable bonds is 6. The molecule has 0 aliphatic carbocycles. The predicted octanol–water partition coefficient (Wildman–Crippen LogP) is 2.77. The third-order valence-electron chi connectivity index (χ3n) is 4.15. The normalized spacial score (nSPS) is 18.9. The molecule has 1 atom stereocenters. The molecule has 6 nitrogen and oxygen atoms in total. The van der Waals surface area contributed by atoms with E-state index in [1.54, 1.807) is 0 Å². The second-order valence-electron chi connectivity index (χ2n) is 6.86. The number of amides is 1. The van der Waals surface area contributed by atoms with Crippen molar-refractivity contribution < 1.29 is 9.53 Å². The van der Waals surface area contributed by atoms with E-state index in [0.29, 0.717) is 24.1 Å². The lowest BCUT2D eigenvalue weighted by atomic mass is 9.97. The Morgan fingerprint density at radius 2 is 2.17 bits per heavy atom. The van der Waals surface area contributed by atoms with Gasteiger partial charge in [-0.05, 0) is 59.1 Å². The molecular weight excluding hydrogens is 328 g/mol. The lowest BCUT2D eigenvalue weighted by Gasteiger charge is -2.35. The average molecular weight is 355 g/mol. The number of halogens is 1. The molecule has 0 saturated carbocycles. The smallest absolute Gasteiger partial charge is 0.256 e. The third-order valence-corrected chi connectivity index (χ3v) is 4.34. The predicted molar refractivity (Wildman–Crippen MR) is 94.6 cm³/mol. The first-order valence-corrected chi connectivity index (χ1v) is 8.96. The molecule has 2 rings (SSSR count). The molecule has 134 valence electrons. The molecule has 2 heterocycles.